The molecule has 0 aromatic heterocycles. The zero-order valence-corrected chi connectivity index (χ0v) is 7.50. The molecule has 0 amide bonds. The minimum absolute atomic E-state index is 0.130. The smallest absolute Gasteiger partial charge is 0.110 e. The van der Waals surface area contributed by atoms with Crippen LogP contribution in [0.1, 0.15) is 27.2 Å². The van der Waals surface area contributed by atoms with Crippen LogP contribution in [0.3, 0.4) is 0 Å². The zero-order valence-electron chi connectivity index (χ0n) is 7.50. The Bertz CT molecular complexity index is 195. The summed E-state index contributed by atoms with van der Waals surface area (Å²) >= 11 is 0. The summed E-state index contributed by atoms with van der Waals surface area (Å²) in [6.07, 6.45) is 6.32. The van der Waals surface area contributed by atoms with Crippen molar-refractivity contribution in [3.8, 4) is 0 Å². The van der Waals surface area contributed by atoms with Crippen LogP contribution < -0.4 is 0 Å². The molecular formula is C10H16O. The number of hydrogen-bond acceptors (Lipinski definition) is 1. The molecule has 1 heterocycles. The van der Waals surface area contributed by atoms with Crippen molar-refractivity contribution < 1.29 is 4.74 Å². The van der Waals surface area contributed by atoms with Crippen molar-refractivity contribution in [2.75, 3.05) is 0 Å². The molecule has 1 heteroatoms. The zero-order chi connectivity index (χ0) is 8.06. The van der Waals surface area contributed by atoms with Gasteiger partial charge in [-0.2, -0.15) is 0 Å². The lowest BCUT2D eigenvalue weighted by Gasteiger charge is -2.19. The summed E-state index contributed by atoms with van der Waals surface area (Å²) < 4.78 is 5.56. The fraction of sp³-hybridized carbons (Fsp3) is 0.800. The first-order valence-corrected chi connectivity index (χ1v) is 4.49. The minimum atomic E-state index is 0.130. The SMILES string of the molecule is CC(C)[C@@H]1C=C[C@@]2(C)O[C@H]2C1. The van der Waals surface area contributed by atoms with E-state index in [9.17, 15) is 0 Å². The summed E-state index contributed by atoms with van der Waals surface area (Å²) in [5.74, 6) is 1.51. The van der Waals surface area contributed by atoms with E-state index in [1.807, 2.05) is 0 Å². The molecule has 0 N–H and O–H groups in total. The van der Waals surface area contributed by atoms with E-state index >= 15 is 0 Å². The van der Waals surface area contributed by atoms with E-state index in [-0.39, 0.29) is 5.60 Å². The van der Waals surface area contributed by atoms with Crippen LogP contribution in [-0.4, -0.2) is 11.7 Å². The second-order valence-corrected chi connectivity index (χ2v) is 4.29. The van der Waals surface area contributed by atoms with Crippen LogP contribution in [0.25, 0.3) is 0 Å². The molecule has 1 fully saturated rings. The average Bonchev–Trinajstić information content (AvgIpc) is 2.58. The lowest BCUT2D eigenvalue weighted by Crippen LogP contribution is -2.18. The van der Waals surface area contributed by atoms with Crippen LogP contribution in [-0.2, 0) is 4.74 Å². The molecule has 0 aromatic carbocycles. The largest absolute Gasteiger partial charge is 0.362 e. The van der Waals surface area contributed by atoms with Gasteiger partial charge in [-0.25, -0.2) is 0 Å². The maximum atomic E-state index is 5.56. The lowest BCUT2D eigenvalue weighted by atomic mass is 9.83. The molecule has 11 heavy (non-hydrogen) atoms. The maximum Gasteiger partial charge on any atom is 0.110 e. The first-order valence-electron chi connectivity index (χ1n) is 4.49. The molecule has 0 aromatic rings. The van der Waals surface area contributed by atoms with Gasteiger partial charge in [0.1, 0.15) is 5.60 Å². The van der Waals surface area contributed by atoms with E-state index < -0.39 is 0 Å². The fourth-order valence-corrected chi connectivity index (χ4v) is 1.84. The van der Waals surface area contributed by atoms with Gasteiger partial charge in [0, 0.05) is 0 Å². The Balaban J connectivity index is 2.07. The van der Waals surface area contributed by atoms with E-state index in [1.54, 1.807) is 0 Å². The highest BCUT2D eigenvalue weighted by molar-refractivity contribution is 5.20. The Labute approximate surface area is 68.4 Å². The van der Waals surface area contributed by atoms with Crippen molar-refractivity contribution >= 4 is 0 Å². The van der Waals surface area contributed by atoms with Crippen molar-refractivity contribution in [3.63, 3.8) is 0 Å². The standard InChI is InChI=1S/C10H16O/c1-7(2)8-4-5-10(3)9(6-8)11-10/h4-5,7-9H,6H2,1-3H3/t8-,9+,10-/m1/s1. The Morgan fingerprint density at radius 3 is 2.82 bits per heavy atom. The fourth-order valence-electron chi connectivity index (χ4n) is 1.84. The van der Waals surface area contributed by atoms with Crippen molar-refractivity contribution in [3.05, 3.63) is 12.2 Å². The van der Waals surface area contributed by atoms with Gasteiger partial charge in [0.2, 0.25) is 0 Å². The predicted molar refractivity (Wildman–Crippen MR) is 45.4 cm³/mol. The van der Waals surface area contributed by atoms with Crippen LogP contribution >= 0.6 is 0 Å². The molecule has 1 aliphatic carbocycles. The van der Waals surface area contributed by atoms with Crippen molar-refractivity contribution in [2.45, 2.75) is 38.9 Å². The highest BCUT2D eigenvalue weighted by Crippen LogP contribution is 2.46. The van der Waals surface area contributed by atoms with Crippen molar-refractivity contribution in [2.24, 2.45) is 11.8 Å². The summed E-state index contributed by atoms with van der Waals surface area (Å²) in [7, 11) is 0. The molecule has 1 saturated heterocycles. The van der Waals surface area contributed by atoms with E-state index in [1.165, 1.54) is 6.42 Å². The number of epoxide rings is 1. The topological polar surface area (TPSA) is 12.5 Å². The van der Waals surface area contributed by atoms with Gasteiger partial charge >= 0.3 is 0 Å². The molecule has 1 aliphatic heterocycles. The van der Waals surface area contributed by atoms with Gasteiger partial charge in [-0.15, -0.1) is 0 Å². The van der Waals surface area contributed by atoms with E-state index in [0.717, 1.165) is 11.8 Å². The molecule has 0 radical (unpaired) electrons. The normalized spacial score (nSPS) is 47.6. The second-order valence-electron chi connectivity index (χ2n) is 4.29. The van der Waals surface area contributed by atoms with Crippen molar-refractivity contribution in [1.82, 2.24) is 0 Å². The van der Waals surface area contributed by atoms with E-state index in [2.05, 4.69) is 32.9 Å². The predicted octanol–water partition coefficient (Wildman–Crippen LogP) is 2.38. The molecule has 0 bridgehead atoms. The van der Waals surface area contributed by atoms with Crippen LogP contribution in [0.2, 0.25) is 0 Å². The summed E-state index contributed by atoms with van der Waals surface area (Å²) in [5.41, 5.74) is 0.130. The van der Waals surface area contributed by atoms with Crippen LogP contribution in [0.15, 0.2) is 12.2 Å². The number of ether oxygens (including phenoxy) is 1. The second kappa shape index (κ2) is 2.10. The molecule has 3 atom stereocenters. The average molecular weight is 152 g/mol. The third-order valence-corrected chi connectivity index (χ3v) is 3.00. The Hall–Kier alpha value is -0.300. The third-order valence-electron chi connectivity index (χ3n) is 3.00. The Morgan fingerprint density at radius 2 is 2.27 bits per heavy atom. The Kier molecular flexibility index (Phi) is 1.40. The molecule has 0 unspecified atom stereocenters. The molecule has 62 valence electrons. The molecule has 0 saturated carbocycles. The monoisotopic (exact) mass is 152 g/mol. The molecular weight excluding hydrogens is 136 g/mol. The quantitative estimate of drug-likeness (QED) is 0.415. The van der Waals surface area contributed by atoms with Crippen LogP contribution in [0, 0.1) is 11.8 Å². The molecule has 1 nitrogen and oxygen atoms in total. The summed E-state index contributed by atoms with van der Waals surface area (Å²) in [5, 5.41) is 0. The summed E-state index contributed by atoms with van der Waals surface area (Å²) in [6, 6.07) is 0. The van der Waals surface area contributed by atoms with Gasteiger partial charge in [-0.1, -0.05) is 26.0 Å². The summed E-state index contributed by atoms with van der Waals surface area (Å²) in [6.45, 7) is 6.73. The number of rotatable bonds is 1. The lowest BCUT2D eigenvalue weighted by molar-refractivity contribution is 0.324. The minimum Gasteiger partial charge on any atom is -0.362 e. The van der Waals surface area contributed by atoms with Crippen LogP contribution in [0.5, 0.6) is 0 Å². The molecule has 2 rings (SSSR count). The Morgan fingerprint density at radius 1 is 1.55 bits per heavy atom. The third kappa shape index (κ3) is 1.12. The first-order chi connectivity index (χ1) is 5.12. The van der Waals surface area contributed by atoms with Gasteiger partial charge in [-0.05, 0) is 25.2 Å². The number of hydrogen-bond donors (Lipinski definition) is 0. The first kappa shape index (κ1) is 7.35. The number of allylic oxidation sites excluding steroid dienone is 1. The van der Waals surface area contributed by atoms with Gasteiger partial charge in [-0.3, -0.25) is 0 Å². The van der Waals surface area contributed by atoms with E-state index in [4.69, 9.17) is 4.74 Å². The number of fused-ring (bicyclic) bond motifs is 1. The molecule has 2 aliphatic rings. The van der Waals surface area contributed by atoms with Crippen molar-refractivity contribution in [1.29, 1.82) is 0 Å². The maximum absolute atomic E-state index is 5.56. The highest BCUT2D eigenvalue weighted by atomic mass is 16.6. The molecule has 0 spiro atoms. The van der Waals surface area contributed by atoms with Gasteiger partial charge < -0.3 is 4.74 Å². The van der Waals surface area contributed by atoms with Gasteiger partial charge in [0.25, 0.3) is 0 Å². The van der Waals surface area contributed by atoms with E-state index in [0.29, 0.717) is 6.10 Å². The highest BCUT2D eigenvalue weighted by Gasteiger charge is 2.52. The van der Waals surface area contributed by atoms with Crippen LogP contribution in [0.4, 0.5) is 0 Å². The van der Waals surface area contributed by atoms with Gasteiger partial charge in [0.15, 0.2) is 0 Å². The van der Waals surface area contributed by atoms with Gasteiger partial charge in [0.05, 0.1) is 6.10 Å². The summed E-state index contributed by atoms with van der Waals surface area (Å²) in [4.78, 5) is 0.